The van der Waals surface area contributed by atoms with Gasteiger partial charge in [0.25, 0.3) is 23.3 Å². The zero-order chi connectivity index (χ0) is 20.7. The Morgan fingerprint density at radius 3 is 2.41 bits per heavy atom. The van der Waals surface area contributed by atoms with Gasteiger partial charge in [0.1, 0.15) is 5.82 Å². The summed E-state index contributed by atoms with van der Waals surface area (Å²) >= 11 is 0. The molecule has 3 amide bonds. The fourth-order valence-corrected chi connectivity index (χ4v) is 3.26. The molecular formula is C21H16N4O4. The van der Waals surface area contributed by atoms with Gasteiger partial charge >= 0.3 is 0 Å². The molecule has 2 heterocycles. The molecule has 29 heavy (non-hydrogen) atoms. The number of hydrogen-bond acceptors (Lipinski definition) is 5. The molecular weight excluding hydrogens is 372 g/mol. The lowest BCUT2D eigenvalue weighted by Gasteiger charge is -2.14. The van der Waals surface area contributed by atoms with Gasteiger partial charge in [0.05, 0.1) is 16.8 Å². The van der Waals surface area contributed by atoms with E-state index in [0.29, 0.717) is 22.5 Å². The number of fused-ring (bicyclic) bond motifs is 1. The molecule has 1 aliphatic heterocycles. The number of nitrogens with one attached hydrogen (secondary N) is 2. The second kappa shape index (κ2) is 6.75. The minimum Gasteiger partial charge on any atom is -0.384 e. The smallest absolute Gasteiger partial charge is 0.262 e. The standard InChI is InChI=1S/C21H16N4O4/c1-11-9-13(7-8-15(11)23-19(27)12-5-3-2-4-6-12)25-16(26)10-14-17(18(25)22)21(29)24-20(14)28/h2-10H,22H2,1H3,(H,23,27)(H,24,28,29). The van der Waals surface area contributed by atoms with Crippen LogP contribution >= 0.6 is 0 Å². The Hall–Kier alpha value is -4.20. The minimum atomic E-state index is -0.642. The summed E-state index contributed by atoms with van der Waals surface area (Å²) < 4.78 is 1.16. The van der Waals surface area contributed by atoms with E-state index in [-0.39, 0.29) is 22.9 Å². The molecule has 0 saturated carbocycles. The highest BCUT2D eigenvalue weighted by atomic mass is 16.2. The summed E-state index contributed by atoms with van der Waals surface area (Å²) in [7, 11) is 0. The summed E-state index contributed by atoms with van der Waals surface area (Å²) in [5.74, 6) is -1.65. The Kier molecular flexibility index (Phi) is 4.23. The third kappa shape index (κ3) is 3.06. The van der Waals surface area contributed by atoms with Crippen molar-refractivity contribution in [1.82, 2.24) is 9.88 Å². The third-order valence-corrected chi connectivity index (χ3v) is 4.71. The fraction of sp³-hybridized carbons (Fsp3) is 0.0476. The van der Waals surface area contributed by atoms with Crippen molar-refractivity contribution in [3.8, 4) is 5.69 Å². The number of aromatic nitrogens is 1. The monoisotopic (exact) mass is 388 g/mol. The molecule has 0 radical (unpaired) electrons. The summed E-state index contributed by atoms with van der Waals surface area (Å²) in [6.07, 6.45) is 0. The van der Waals surface area contributed by atoms with E-state index >= 15 is 0 Å². The number of nitrogens with two attached hydrogens (primary N) is 1. The van der Waals surface area contributed by atoms with Crippen LogP contribution in [0.1, 0.15) is 36.6 Å². The van der Waals surface area contributed by atoms with Gasteiger partial charge in [-0.1, -0.05) is 18.2 Å². The van der Waals surface area contributed by atoms with Crippen molar-refractivity contribution in [3.63, 3.8) is 0 Å². The SMILES string of the molecule is Cc1cc(-n2c(N)c3c(cc2=O)C(=O)NC3=O)ccc1NC(=O)c1ccccc1. The highest BCUT2D eigenvalue weighted by Crippen LogP contribution is 2.25. The van der Waals surface area contributed by atoms with Gasteiger partial charge in [-0.25, -0.2) is 0 Å². The van der Waals surface area contributed by atoms with E-state index in [2.05, 4.69) is 10.6 Å². The molecule has 8 nitrogen and oxygen atoms in total. The van der Waals surface area contributed by atoms with Gasteiger partial charge in [-0.3, -0.25) is 29.1 Å². The van der Waals surface area contributed by atoms with E-state index < -0.39 is 17.4 Å². The largest absolute Gasteiger partial charge is 0.384 e. The normalized spacial score (nSPS) is 12.4. The number of pyridine rings is 1. The number of rotatable bonds is 3. The molecule has 0 saturated heterocycles. The van der Waals surface area contributed by atoms with Gasteiger partial charge in [-0.05, 0) is 42.8 Å². The van der Waals surface area contributed by atoms with Crippen molar-refractivity contribution in [2.75, 3.05) is 11.1 Å². The van der Waals surface area contributed by atoms with Crippen LogP contribution in [-0.4, -0.2) is 22.3 Å². The molecule has 1 aromatic heterocycles. The van der Waals surface area contributed by atoms with Crippen LogP contribution < -0.4 is 21.9 Å². The van der Waals surface area contributed by atoms with Crippen molar-refractivity contribution >= 4 is 29.2 Å². The van der Waals surface area contributed by atoms with E-state index in [9.17, 15) is 19.2 Å². The maximum absolute atomic E-state index is 12.5. The second-order valence-corrected chi connectivity index (χ2v) is 6.59. The average molecular weight is 388 g/mol. The van der Waals surface area contributed by atoms with Crippen LogP contribution in [0.4, 0.5) is 11.5 Å². The van der Waals surface area contributed by atoms with E-state index in [1.165, 1.54) is 0 Å². The van der Waals surface area contributed by atoms with Gasteiger partial charge < -0.3 is 11.1 Å². The number of carbonyl (C=O) groups excluding carboxylic acids is 3. The number of imide groups is 1. The van der Waals surface area contributed by atoms with E-state index in [0.717, 1.165) is 10.6 Å². The van der Waals surface area contributed by atoms with Gasteiger partial charge in [0.2, 0.25) is 0 Å². The maximum Gasteiger partial charge on any atom is 0.262 e. The number of benzene rings is 2. The van der Waals surface area contributed by atoms with Crippen molar-refractivity contribution in [2.45, 2.75) is 6.92 Å². The number of hydrogen-bond donors (Lipinski definition) is 3. The highest BCUT2D eigenvalue weighted by molar-refractivity contribution is 6.23. The molecule has 4 rings (SSSR count). The molecule has 0 aliphatic carbocycles. The predicted octanol–water partition coefficient (Wildman–Crippen LogP) is 1.86. The van der Waals surface area contributed by atoms with Crippen molar-refractivity contribution in [3.05, 3.63) is 87.2 Å². The lowest BCUT2D eigenvalue weighted by atomic mass is 10.1. The zero-order valence-electron chi connectivity index (χ0n) is 15.4. The predicted molar refractivity (Wildman–Crippen MR) is 107 cm³/mol. The lowest BCUT2D eigenvalue weighted by Crippen LogP contribution is -2.24. The van der Waals surface area contributed by atoms with E-state index in [1.807, 2.05) is 6.07 Å². The van der Waals surface area contributed by atoms with Gasteiger partial charge in [-0.2, -0.15) is 0 Å². The van der Waals surface area contributed by atoms with Crippen molar-refractivity contribution in [2.24, 2.45) is 0 Å². The van der Waals surface area contributed by atoms with Crippen LogP contribution in [-0.2, 0) is 0 Å². The fourth-order valence-electron chi connectivity index (χ4n) is 3.26. The van der Waals surface area contributed by atoms with Crippen molar-refractivity contribution in [1.29, 1.82) is 0 Å². The average Bonchev–Trinajstić information content (AvgIpc) is 2.98. The Morgan fingerprint density at radius 2 is 1.72 bits per heavy atom. The molecule has 0 spiro atoms. The Labute approximate surface area is 165 Å². The molecule has 0 unspecified atom stereocenters. The molecule has 4 N–H and O–H groups in total. The summed E-state index contributed by atoms with van der Waals surface area (Å²) in [4.78, 5) is 48.7. The summed E-state index contributed by atoms with van der Waals surface area (Å²) in [5, 5.41) is 4.95. The first-order valence-corrected chi connectivity index (χ1v) is 8.75. The van der Waals surface area contributed by atoms with Crippen LogP contribution in [0.2, 0.25) is 0 Å². The molecule has 3 aromatic rings. The minimum absolute atomic E-state index is 0.0197. The summed E-state index contributed by atoms with van der Waals surface area (Å²) in [5.41, 5.74) is 7.66. The van der Waals surface area contributed by atoms with Crippen LogP contribution in [0.25, 0.3) is 5.69 Å². The van der Waals surface area contributed by atoms with Gasteiger partial charge in [0.15, 0.2) is 0 Å². The third-order valence-electron chi connectivity index (χ3n) is 4.71. The zero-order valence-corrected chi connectivity index (χ0v) is 15.4. The number of aryl methyl sites for hydroxylation is 1. The molecule has 144 valence electrons. The van der Waals surface area contributed by atoms with Gasteiger partial charge in [0, 0.05) is 17.3 Å². The van der Waals surface area contributed by atoms with E-state index in [4.69, 9.17) is 5.73 Å². The maximum atomic E-state index is 12.5. The quantitative estimate of drug-likeness (QED) is 0.591. The first kappa shape index (κ1) is 18.2. The molecule has 1 aliphatic rings. The summed E-state index contributed by atoms with van der Waals surface area (Å²) in [6.45, 7) is 1.77. The number of carbonyl (C=O) groups is 3. The topological polar surface area (TPSA) is 123 Å². The highest BCUT2D eigenvalue weighted by Gasteiger charge is 2.31. The van der Waals surface area contributed by atoms with Crippen LogP contribution in [0, 0.1) is 6.92 Å². The van der Waals surface area contributed by atoms with Crippen LogP contribution in [0.15, 0.2) is 59.4 Å². The summed E-state index contributed by atoms with van der Waals surface area (Å²) in [6, 6.07) is 14.8. The Balaban J connectivity index is 1.72. The number of nitrogen functional groups attached to an aromatic ring is 1. The first-order chi connectivity index (χ1) is 13.9. The van der Waals surface area contributed by atoms with E-state index in [1.54, 1.807) is 49.4 Å². The van der Waals surface area contributed by atoms with Crippen molar-refractivity contribution < 1.29 is 14.4 Å². The molecule has 8 heteroatoms. The molecule has 0 bridgehead atoms. The first-order valence-electron chi connectivity index (χ1n) is 8.75. The number of amides is 3. The van der Waals surface area contributed by atoms with Crippen LogP contribution in [0.5, 0.6) is 0 Å². The molecule has 2 aromatic carbocycles. The van der Waals surface area contributed by atoms with Crippen LogP contribution in [0.3, 0.4) is 0 Å². The second-order valence-electron chi connectivity index (χ2n) is 6.59. The number of anilines is 2. The Morgan fingerprint density at radius 1 is 1.00 bits per heavy atom. The number of nitrogens with zero attached hydrogens (tertiary/aromatic N) is 1. The van der Waals surface area contributed by atoms with Gasteiger partial charge in [-0.15, -0.1) is 0 Å². The molecule has 0 atom stereocenters. The molecule has 0 fully saturated rings. The Bertz CT molecular complexity index is 1250. The lowest BCUT2D eigenvalue weighted by molar-refractivity contribution is 0.0879.